The monoisotopic (exact) mass is 483 g/mol. The molecule has 0 spiro atoms. The smallest absolute Gasteiger partial charge is 0.376 e. The SMILES string of the molecule is C=Nc1ccc(C)cc1N1CC(N(C)C)CC1c1c(C=O)cccc1OS(=O)(=O)C(F)(F)F. The lowest BCUT2D eigenvalue weighted by Gasteiger charge is -2.30. The van der Waals surface area contributed by atoms with Gasteiger partial charge in [-0.2, -0.15) is 21.6 Å². The van der Waals surface area contributed by atoms with Crippen molar-refractivity contribution < 1.29 is 30.6 Å². The van der Waals surface area contributed by atoms with E-state index in [4.69, 9.17) is 0 Å². The standard InChI is InChI=1S/C22H24F3N3O4S/c1-14-8-9-17(26-2)18(10-14)28-12-16(27(3)4)11-19(28)21-15(13-29)6-5-7-20(21)32-33(30,31)22(23,24)25/h5-10,13,16,19H,2,11-12H2,1,3-4H3. The lowest BCUT2D eigenvalue weighted by Crippen LogP contribution is -2.32. The summed E-state index contributed by atoms with van der Waals surface area (Å²) >= 11 is 0. The molecule has 1 aliphatic rings. The Hall–Kier alpha value is -2.92. The molecule has 11 heteroatoms. The van der Waals surface area contributed by atoms with Gasteiger partial charge in [0, 0.05) is 23.7 Å². The number of nitrogens with zero attached hydrogens (tertiary/aromatic N) is 3. The molecule has 2 unspecified atom stereocenters. The number of carbonyl (C=O) groups is 1. The first-order chi connectivity index (χ1) is 15.4. The lowest BCUT2D eigenvalue weighted by atomic mass is 9.96. The Labute approximate surface area is 190 Å². The van der Waals surface area contributed by atoms with Crippen LogP contribution in [0.5, 0.6) is 5.75 Å². The largest absolute Gasteiger partial charge is 0.534 e. The Morgan fingerprint density at radius 3 is 2.52 bits per heavy atom. The summed E-state index contributed by atoms with van der Waals surface area (Å²) in [6.45, 7) is 5.94. The summed E-state index contributed by atoms with van der Waals surface area (Å²) in [5.74, 6) is -0.535. The summed E-state index contributed by atoms with van der Waals surface area (Å²) in [4.78, 5) is 19.8. The third kappa shape index (κ3) is 4.88. The molecule has 178 valence electrons. The van der Waals surface area contributed by atoms with Gasteiger partial charge in [-0.3, -0.25) is 9.79 Å². The maximum Gasteiger partial charge on any atom is 0.534 e. The Morgan fingerprint density at radius 1 is 1.24 bits per heavy atom. The Bertz CT molecular complexity index is 1170. The minimum Gasteiger partial charge on any atom is -0.376 e. The third-order valence-corrected chi connectivity index (χ3v) is 6.63. The average molecular weight is 484 g/mol. The number of carbonyl (C=O) groups excluding carboxylic acids is 1. The predicted octanol–water partition coefficient (Wildman–Crippen LogP) is 4.25. The van der Waals surface area contributed by atoms with Crippen molar-refractivity contribution in [3.8, 4) is 5.75 Å². The fourth-order valence-corrected chi connectivity index (χ4v) is 4.46. The van der Waals surface area contributed by atoms with Crippen molar-refractivity contribution >= 4 is 34.5 Å². The van der Waals surface area contributed by atoms with Gasteiger partial charge in [-0.25, -0.2) is 0 Å². The van der Waals surface area contributed by atoms with Crippen LogP contribution in [0.4, 0.5) is 24.5 Å². The van der Waals surface area contributed by atoms with E-state index in [-0.39, 0.29) is 17.2 Å². The molecule has 3 rings (SSSR count). The summed E-state index contributed by atoms with van der Waals surface area (Å²) in [7, 11) is -2.20. The molecule has 1 aliphatic heterocycles. The predicted molar refractivity (Wildman–Crippen MR) is 120 cm³/mol. The molecule has 0 aromatic heterocycles. The molecule has 2 atom stereocenters. The van der Waals surface area contributed by atoms with Gasteiger partial charge in [0.15, 0.2) is 6.29 Å². The number of aldehydes is 1. The van der Waals surface area contributed by atoms with Gasteiger partial charge in [0.1, 0.15) is 5.75 Å². The van der Waals surface area contributed by atoms with E-state index < -0.39 is 27.4 Å². The number of likely N-dealkylation sites (N-methyl/N-ethyl adjacent to an activating group) is 1. The van der Waals surface area contributed by atoms with Gasteiger partial charge in [-0.05, 0) is 57.9 Å². The zero-order valence-electron chi connectivity index (χ0n) is 18.3. The second-order valence-electron chi connectivity index (χ2n) is 8.03. The maximum absolute atomic E-state index is 13.0. The van der Waals surface area contributed by atoms with Gasteiger partial charge in [-0.1, -0.05) is 18.2 Å². The zero-order valence-corrected chi connectivity index (χ0v) is 19.2. The average Bonchev–Trinajstić information content (AvgIpc) is 3.17. The van der Waals surface area contributed by atoms with Crippen LogP contribution >= 0.6 is 0 Å². The highest BCUT2D eigenvalue weighted by Crippen LogP contribution is 2.46. The Kier molecular flexibility index (Phi) is 6.85. The number of halogens is 3. The van der Waals surface area contributed by atoms with Gasteiger partial charge < -0.3 is 14.0 Å². The normalized spacial score (nSPS) is 19.1. The first-order valence-electron chi connectivity index (χ1n) is 9.99. The van der Waals surface area contributed by atoms with Gasteiger partial charge in [0.05, 0.1) is 17.4 Å². The molecule has 2 aromatic rings. The number of hydrogen-bond donors (Lipinski definition) is 0. The van der Waals surface area contributed by atoms with Crippen molar-refractivity contribution in [2.45, 2.75) is 30.9 Å². The van der Waals surface area contributed by atoms with E-state index in [0.717, 1.165) is 11.6 Å². The van der Waals surface area contributed by atoms with Gasteiger partial charge in [0.2, 0.25) is 0 Å². The molecule has 0 bridgehead atoms. The van der Waals surface area contributed by atoms with Crippen molar-refractivity contribution in [2.75, 3.05) is 25.5 Å². The van der Waals surface area contributed by atoms with Crippen LogP contribution in [-0.4, -0.2) is 58.5 Å². The molecule has 0 radical (unpaired) electrons. The minimum atomic E-state index is -5.93. The van der Waals surface area contributed by atoms with E-state index in [1.54, 1.807) is 6.07 Å². The van der Waals surface area contributed by atoms with Crippen LogP contribution < -0.4 is 9.08 Å². The van der Waals surface area contributed by atoms with E-state index in [2.05, 4.69) is 15.9 Å². The topological polar surface area (TPSA) is 79.3 Å². The molecule has 1 fully saturated rings. The summed E-state index contributed by atoms with van der Waals surface area (Å²) in [6, 6.07) is 8.61. The van der Waals surface area contributed by atoms with Crippen LogP contribution in [0.15, 0.2) is 41.4 Å². The molecule has 0 aliphatic carbocycles. The first-order valence-corrected chi connectivity index (χ1v) is 11.4. The molecule has 33 heavy (non-hydrogen) atoms. The van der Waals surface area contributed by atoms with E-state index in [1.807, 2.05) is 43.0 Å². The number of anilines is 1. The molecule has 7 nitrogen and oxygen atoms in total. The summed E-state index contributed by atoms with van der Waals surface area (Å²) < 4.78 is 67.2. The molecule has 1 heterocycles. The number of alkyl halides is 3. The maximum atomic E-state index is 13.0. The van der Waals surface area contributed by atoms with Crippen molar-refractivity contribution in [2.24, 2.45) is 4.99 Å². The molecule has 0 saturated carbocycles. The van der Waals surface area contributed by atoms with E-state index in [0.29, 0.717) is 30.6 Å². The number of aliphatic imine (C=N–C) groups is 1. The Morgan fingerprint density at radius 2 is 1.94 bits per heavy atom. The van der Waals surface area contributed by atoms with Crippen LogP contribution in [-0.2, 0) is 10.1 Å². The van der Waals surface area contributed by atoms with Crippen molar-refractivity contribution in [3.05, 3.63) is 53.1 Å². The second-order valence-corrected chi connectivity index (χ2v) is 9.57. The van der Waals surface area contributed by atoms with Gasteiger partial charge in [0.25, 0.3) is 0 Å². The highest BCUT2D eigenvalue weighted by atomic mass is 32.2. The quantitative estimate of drug-likeness (QED) is 0.254. The van der Waals surface area contributed by atoms with Crippen molar-refractivity contribution in [1.82, 2.24) is 4.90 Å². The fourth-order valence-electron chi connectivity index (χ4n) is 3.98. The molecule has 1 saturated heterocycles. The Balaban J connectivity index is 2.21. The molecule has 0 N–H and O–H groups in total. The van der Waals surface area contributed by atoms with E-state index >= 15 is 0 Å². The van der Waals surface area contributed by atoms with Crippen LogP contribution in [0.2, 0.25) is 0 Å². The summed E-state index contributed by atoms with van der Waals surface area (Å²) in [5.41, 5.74) is -3.35. The first kappa shape index (κ1) is 24.7. The highest BCUT2D eigenvalue weighted by molar-refractivity contribution is 7.88. The van der Waals surface area contributed by atoms with Gasteiger partial charge >= 0.3 is 15.6 Å². The van der Waals surface area contributed by atoms with Crippen molar-refractivity contribution in [1.29, 1.82) is 0 Å². The second kappa shape index (κ2) is 9.14. The summed E-state index contributed by atoms with van der Waals surface area (Å²) in [6.07, 6.45) is 0.886. The molecule has 0 amide bonds. The number of benzene rings is 2. The van der Waals surface area contributed by atoms with Crippen LogP contribution in [0.1, 0.15) is 33.9 Å². The van der Waals surface area contributed by atoms with Crippen molar-refractivity contribution in [3.63, 3.8) is 0 Å². The number of aryl methyl sites for hydroxylation is 1. The fraction of sp³-hybridized carbons (Fsp3) is 0.364. The number of hydrogen-bond acceptors (Lipinski definition) is 7. The molecular formula is C22H24F3N3O4S. The minimum absolute atomic E-state index is 0.0417. The van der Waals surface area contributed by atoms with E-state index in [9.17, 15) is 26.4 Å². The van der Waals surface area contributed by atoms with E-state index in [1.165, 1.54) is 12.1 Å². The molecular weight excluding hydrogens is 459 g/mol. The zero-order chi connectivity index (χ0) is 24.6. The lowest BCUT2D eigenvalue weighted by molar-refractivity contribution is -0.0500. The van der Waals surface area contributed by atoms with Gasteiger partial charge in [-0.15, -0.1) is 0 Å². The third-order valence-electron chi connectivity index (χ3n) is 5.66. The van der Waals surface area contributed by atoms with Crippen LogP contribution in [0.25, 0.3) is 0 Å². The molecule has 2 aromatic carbocycles. The highest BCUT2D eigenvalue weighted by Gasteiger charge is 2.49. The number of rotatable bonds is 7. The summed E-state index contributed by atoms with van der Waals surface area (Å²) in [5, 5.41) is 0. The van der Waals surface area contributed by atoms with Crippen LogP contribution in [0, 0.1) is 6.92 Å². The van der Waals surface area contributed by atoms with Crippen LogP contribution in [0.3, 0.4) is 0 Å².